The summed E-state index contributed by atoms with van der Waals surface area (Å²) in [6.07, 6.45) is 3.06. The average Bonchev–Trinajstić information content (AvgIpc) is 2.87. The first-order chi connectivity index (χ1) is 10.2. The SMILES string of the molecule is O=C(O)c1c(-c2ccccc2)nn(-c2ncccn2)c1Cl. The van der Waals surface area contributed by atoms with Crippen molar-refractivity contribution in [1.29, 1.82) is 0 Å². The standard InChI is InChI=1S/C14H9ClN4O2/c15-12-10(13(20)21)11(9-5-2-1-3-6-9)18-19(12)14-16-7-4-8-17-14/h1-8H,(H,20,21). The van der Waals surface area contributed by atoms with E-state index in [-0.39, 0.29) is 22.4 Å². The summed E-state index contributed by atoms with van der Waals surface area (Å²) in [5.74, 6) is -0.937. The topological polar surface area (TPSA) is 80.9 Å². The van der Waals surface area contributed by atoms with Crippen molar-refractivity contribution in [1.82, 2.24) is 19.7 Å². The molecule has 0 aliphatic carbocycles. The molecule has 3 aromatic rings. The van der Waals surface area contributed by atoms with E-state index in [4.69, 9.17) is 11.6 Å². The third-order valence-corrected chi connectivity index (χ3v) is 3.18. The maximum atomic E-state index is 11.5. The highest BCUT2D eigenvalue weighted by Gasteiger charge is 2.24. The van der Waals surface area contributed by atoms with Gasteiger partial charge in [0.1, 0.15) is 11.3 Å². The number of carboxylic acid groups (broad SMARTS) is 1. The number of benzene rings is 1. The quantitative estimate of drug-likeness (QED) is 0.804. The molecule has 0 radical (unpaired) electrons. The van der Waals surface area contributed by atoms with E-state index in [1.54, 1.807) is 30.3 Å². The Labute approximate surface area is 124 Å². The van der Waals surface area contributed by atoms with Crippen LogP contribution in [0.25, 0.3) is 17.2 Å². The summed E-state index contributed by atoms with van der Waals surface area (Å²) < 4.78 is 1.22. The van der Waals surface area contributed by atoms with Gasteiger partial charge in [0.15, 0.2) is 5.15 Å². The normalized spacial score (nSPS) is 10.5. The Bertz CT molecular complexity index is 787. The predicted molar refractivity (Wildman–Crippen MR) is 76.6 cm³/mol. The highest BCUT2D eigenvalue weighted by atomic mass is 35.5. The monoisotopic (exact) mass is 300 g/mol. The summed E-state index contributed by atoms with van der Waals surface area (Å²) in [6, 6.07) is 10.6. The van der Waals surface area contributed by atoms with Crippen molar-refractivity contribution in [3.05, 3.63) is 59.5 Å². The molecule has 0 fully saturated rings. The van der Waals surface area contributed by atoms with Gasteiger partial charge in [-0.25, -0.2) is 14.8 Å². The first kappa shape index (κ1) is 13.3. The lowest BCUT2D eigenvalue weighted by atomic mass is 10.1. The molecule has 0 bridgehead atoms. The van der Waals surface area contributed by atoms with E-state index < -0.39 is 5.97 Å². The molecule has 0 spiro atoms. The molecule has 21 heavy (non-hydrogen) atoms. The second-order valence-corrected chi connectivity index (χ2v) is 4.50. The first-order valence-corrected chi connectivity index (χ1v) is 6.41. The lowest BCUT2D eigenvalue weighted by molar-refractivity contribution is 0.0698. The van der Waals surface area contributed by atoms with Crippen molar-refractivity contribution in [2.45, 2.75) is 0 Å². The van der Waals surface area contributed by atoms with Gasteiger partial charge in [0, 0.05) is 18.0 Å². The third-order valence-electron chi connectivity index (χ3n) is 2.83. The molecule has 1 aromatic carbocycles. The average molecular weight is 301 g/mol. The molecule has 2 heterocycles. The smallest absolute Gasteiger partial charge is 0.341 e. The predicted octanol–water partition coefficient (Wildman–Crippen LogP) is 2.68. The van der Waals surface area contributed by atoms with Crippen LogP contribution in [-0.4, -0.2) is 30.8 Å². The van der Waals surface area contributed by atoms with E-state index in [0.717, 1.165) is 0 Å². The van der Waals surface area contributed by atoms with Crippen molar-refractivity contribution in [3.63, 3.8) is 0 Å². The zero-order valence-corrected chi connectivity index (χ0v) is 11.4. The summed E-state index contributed by atoms with van der Waals surface area (Å²) in [7, 11) is 0. The van der Waals surface area contributed by atoms with Gasteiger partial charge in [-0.05, 0) is 6.07 Å². The number of carboxylic acids is 1. The number of carbonyl (C=O) groups is 1. The Morgan fingerprint density at radius 2 is 1.76 bits per heavy atom. The largest absolute Gasteiger partial charge is 0.478 e. The number of nitrogens with zero attached hydrogens (tertiary/aromatic N) is 4. The van der Waals surface area contributed by atoms with Crippen LogP contribution in [-0.2, 0) is 0 Å². The third kappa shape index (κ3) is 2.36. The van der Waals surface area contributed by atoms with Gasteiger partial charge in [-0.3, -0.25) is 0 Å². The number of aromatic carboxylic acids is 1. The fourth-order valence-electron chi connectivity index (χ4n) is 1.92. The van der Waals surface area contributed by atoms with Crippen molar-refractivity contribution in [2.75, 3.05) is 0 Å². The molecule has 0 aliphatic heterocycles. The van der Waals surface area contributed by atoms with Crippen molar-refractivity contribution < 1.29 is 9.90 Å². The molecular weight excluding hydrogens is 292 g/mol. The molecule has 6 nitrogen and oxygen atoms in total. The summed E-state index contributed by atoms with van der Waals surface area (Å²) in [6.45, 7) is 0. The molecule has 104 valence electrons. The minimum absolute atomic E-state index is 0.0347. The zero-order chi connectivity index (χ0) is 14.8. The van der Waals surface area contributed by atoms with Crippen LogP contribution in [0.1, 0.15) is 10.4 Å². The molecular formula is C14H9ClN4O2. The van der Waals surface area contributed by atoms with Crippen molar-refractivity contribution in [2.24, 2.45) is 0 Å². The highest BCUT2D eigenvalue weighted by Crippen LogP contribution is 2.29. The van der Waals surface area contributed by atoms with Crippen LogP contribution in [0.4, 0.5) is 0 Å². The van der Waals surface area contributed by atoms with Crippen LogP contribution < -0.4 is 0 Å². The Morgan fingerprint density at radius 3 is 2.38 bits per heavy atom. The maximum Gasteiger partial charge on any atom is 0.341 e. The fraction of sp³-hybridized carbons (Fsp3) is 0. The minimum Gasteiger partial charge on any atom is -0.478 e. The molecule has 0 atom stereocenters. The van der Waals surface area contributed by atoms with Crippen LogP contribution in [0, 0.1) is 0 Å². The Morgan fingerprint density at radius 1 is 1.10 bits per heavy atom. The lowest BCUT2D eigenvalue weighted by Crippen LogP contribution is -2.03. The molecule has 0 amide bonds. The Balaban J connectivity index is 2.24. The molecule has 0 saturated heterocycles. The van der Waals surface area contributed by atoms with Gasteiger partial charge >= 0.3 is 5.97 Å². The lowest BCUT2D eigenvalue weighted by Gasteiger charge is -1.98. The van der Waals surface area contributed by atoms with E-state index in [1.807, 2.05) is 6.07 Å². The summed E-state index contributed by atoms with van der Waals surface area (Å²) in [5.41, 5.74) is 0.863. The van der Waals surface area contributed by atoms with Gasteiger partial charge in [0.05, 0.1) is 0 Å². The second-order valence-electron chi connectivity index (χ2n) is 4.15. The summed E-state index contributed by atoms with van der Waals surface area (Å²) >= 11 is 6.15. The van der Waals surface area contributed by atoms with Crippen LogP contribution in [0.5, 0.6) is 0 Å². The summed E-state index contributed by atoms with van der Waals surface area (Å²) in [4.78, 5) is 19.5. The van der Waals surface area contributed by atoms with Gasteiger partial charge in [-0.1, -0.05) is 41.9 Å². The molecule has 1 N–H and O–H groups in total. The van der Waals surface area contributed by atoms with E-state index in [0.29, 0.717) is 5.56 Å². The Hall–Kier alpha value is -2.73. The number of halogens is 1. The molecule has 2 aromatic heterocycles. The molecule has 0 aliphatic rings. The van der Waals surface area contributed by atoms with Gasteiger partial charge < -0.3 is 5.11 Å². The fourth-order valence-corrected chi connectivity index (χ4v) is 2.20. The van der Waals surface area contributed by atoms with E-state index >= 15 is 0 Å². The van der Waals surface area contributed by atoms with Crippen LogP contribution in [0.3, 0.4) is 0 Å². The molecule has 3 rings (SSSR count). The second kappa shape index (κ2) is 5.34. The van der Waals surface area contributed by atoms with Gasteiger partial charge in [0.25, 0.3) is 5.95 Å². The summed E-state index contributed by atoms with van der Waals surface area (Å²) in [5, 5.41) is 13.6. The highest BCUT2D eigenvalue weighted by molar-refractivity contribution is 6.33. The van der Waals surface area contributed by atoms with Crippen LogP contribution >= 0.6 is 11.6 Å². The van der Waals surface area contributed by atoms with Gasteiger partial charge in [0.2, 0.25) is 0 Å². The van der Waals surface area contributed by atoms with E-state index in [2.05, 4.69) is 15.1 Å². The van der Waals surface area contributed by atoms with Crippen LogP contribution in [0.2, 0.25) is 5.15 Å². The Kier molecular flexibility index (Phi) is 3.37. The number of hydrogen-bond acceptors (Lipinski definition) is 4. The number of rotatable bonds is 3. The van der Waals surface area contributed by atoms with Gasteiger partial charge in [-0.2, -0.15) is 9.78 Å². The minimum atomic E-state index is -1.15. The molecule has 0 unspecified atom stereocenters. The van der Waals surface area contributed by atoms with Crippen molar-refractivity contribution in [3.8, 4) is 17.2 Å². The maximum absolute atomic E-state index is 11.5. The zero-order valence-electron chi connectivity index (χ0n) is 10.6. The van der Waals surface area contributed by atoms with Crippen LogP contribution in [0.15, 0.2) is 48.8 Å². The van der Waals surface area contributed by atoms with Gasteiger partial charge in [-0.15, -0.1) is 0 Å². The van der Waals surface area contributed by atoms with E-state index in [1.165, 1.54) is 17.1 Å². The molecule has 7 heteroatoms. The molecule has 0 saturated carbocycles. The van der Waals surface area contributed by atoms with E-state index in [9.17, 15) is 9.90 Å². The number of hydrogen-bond donors (Lipinski definition) is 1. The number of aromatic nitrogens is 4. The van der Waals surface area contributed by atoms with Crippen molar-refractivity contribution >= 4 is 17.6 Å². The first-order valence-electron chi connectivity index (χ1n) is 6.03.